The van der Waals surface area contributed by atoms with Crippen molar-refractivity contribution in [2.75, 3.05) is 11.9 Å². The molecule has 104 valence electrons. The van der Waals surface area contributed by atoms with Crippen LogP contribution in [0.5, 0.6) is 5.75 Å². The monoisotopic (exact) mass is 272 g/mol. The molecule has 2 heterocycles. The summed E-state index contributed by atoms with van der Waals surface area (Å²) in [6.45, 7) is 2.16. The summed E-state index contributed by atoms with van der Waals surface area (Å²) in [6.07, 6.45) is -0.451. The number of likely N-dealkylation sites (N-methyl/N-ethyl adjacent to an activating group) is 1. The second kappa shape index (κ2) is 4.64. The molecule has 1 aliphatic rings. The Morgan fingerprint density at radius 2 is 2.25 bits per heavy atom. The van der Waals surface area contributed by atoms with Crippen LogP contribution in [0.4, 0.5) is 5.69 Å². The summed E-state index contributed by atoms with van der Waals surface area (Å²) in [5.74, 6) is 0.650. The number of carbonyl (C=O) groups is 1. The van der Waals surface area contributed by atoms with Crippen LogP contribution in [0, 0.1) is 0 Å². The van der Waals surface area contributed by atoms with Crippen molar-refractivity contribution < 1.29 is 9.53 Å². The molecule has 20 heavy (non-hydrogen) atoms. The number of hydrogen-bond acceptors (Lipinski definition) is 4. The van der Waals surface area contributed by atoms with E-state index in [1.54, 1.807) is 18.9 Å². The van der Waals surface area contributed by atoms with Gasteiger partial charge < -0.3 is 15.4 Å². The number of nitrogens with zero attached hydrogens (tertiary/aromatic N) is 2. The number of rotatable bonds is 2. The molecule has 0 bridgehead atoms. The minimum atomic E-state index is -0.451. The SMILES string of the molecule is CC1Oc2ccc(-c3cc(CN)[nH]n3)cc2N(C)C1=O. The van der Waals surface area contributed by atoms with E-state index in [1.807, 2.05) is 24.3 Å². The number of amides is 1. The Morgan fingerprint density at radius 1 is 1.45 bits per heavy atom. The lowest BCUT2D eigenvalue weighted by atomic mass is 10.1. The summed E-state index contributed by atoms with van der Waals surface area (Å²) >= 11 is 0. The highest BCUT2D eigenvalue weighted by molar-refractivity contribution is 5.99. The van der Waals surface area contributed by atoms with Gasteiger partial charge in [0.15, 0.2) is 6.10 Å². The third kappa shape index (κ3) is 1.94. The van der Waals surface area contributed by atoms with Gasteiger partial charge in [0.1, 0.15) is 5.75 Å². The van der Waals surface area contributed by atoms with Crippen LogP contribution in [0.25, 0.3) is 11.3 Å². The minimum absolute atomic E-state index is 0.0562. The van der Waals surface area contributed by atoms with Gasteiger partial charge in [0.05, 0.1) is 11.4 Å². The van der Waals surface area contributed by atoms with Gasteiger partial charge in [-0.25, -0.2) is 0 Å². The first-order chi connectivity index (χ1) is 9.60. The minimum Gasteiger partial charge on any atom is -0.479 e. The second-order valence-electron chi connectivity index (χ2n) is 4.82. The van der Waals surface area contributed by atoms with Crippen LogP contribution in [0.1, 0.15) is 12.6 Å². The Balaban J connectivity index is 2.02. The smallest absolute Gasteiger partial charge is 0.267 e. The van der Waals surface area contributed by atoms with E-state index in [-0.39, 0.29) is 5.91 Å². The maximum atomic E-state index is 11.9. The lowest BCUT2D eigenvalue weighted by molar-refractivity contribution is -0.125. The van der Waals surface area contributed by atoms with Crippen molar-refractivity contribution >= 4 is 11.6 Å². The fourth-order valence-corrected chi connectivity index (χ4v) is 2.28. The first kappa shape index (κ1) is 12.7. The van der Waals surface area contributed by atoms with Crippen molar-refractivity contribution in [3.05, 3.63) is 30.0 Å². The number of fused-ring (bicyclic) bond motifs is 1. The molecule has 1 aliphatic heterocycles. The third-order valence-electron chi connectivity index (χ3n) is 3.45. The van der Waals surface area contributed by atoms with Gasteiger partial charge in [0, 0.05) is 24.8 Å². The van der Waals surface area contributed by atoms with Crippen molar-refractivity contribution in [3.63, 3.8) is 0 Å². The molecule has 1 atom stereocenters. The van der Waals surface area contributed by atoms with Gasteiger partial charge in [0.25, 0.3) is 5.91 Å². The van der Waals surface area contributed by atoms with Gasteiger partial charge >= 0.3 is 0 Å². The molecule has 0 spiro atoms. The third-order valence-corrected chi connectivity index (χ3v) is 3.45. The largest absolute Gasteiger partial charge is 0.479 e. The van der Waals surface area contributed by atoms with Gasteiger partial charge in [-0.2, -0.15) is 5.10 Å². The number of aromatic nitrogens is 2. The first-order valence-corrected chi connectivity index (χ1v) is 6.43. The van der Waals surface area contributed by atoms with E-state index < -0.39 is 6.10 Å². The Hall–Kier alpha value is -2.34. The van der Waals surface area contributed by atoms with Gasteiger partial charge in [-0.3, -0.25) is 9.89 Å². The number of nitrogens with one attached hydrogen (secondary N) is 1. The number of hydrogen-bond donors (Lipinski definition) is 2. The Labute approximate surface area is 116 Å². The van der Waals surface area contributed by atoms with Crippen molar-refractivity contribution in [1.82, 2.24) is 10.2 Å². The van der Waals surface area contributed by atoms with E-state index in [1.165, 1.54) is 0 Å². The van der Waals surface area contributed by atoms with Crippen molar-refractivity contribution in [1.29, 1.82) is 0 Å². The molecule has 1 unspecified atom stereocenters. The molecular weight excluding hydrogens is 256 g/mol. The highest BCUT2D eigenvalue weighted by Crippen LogP contribution is 2.36. The van der Waals surface area contributed by atoms with Crippen molar-refractivity contribution in [2.24, 2.45) is 5.73 Å². The Bertz CT molecular complexity index is 665. The molecule has 0 saturated heterocycles. The quantitative estimate of drug-likeness (QED) is 0.862. The fraction of sp³-hybridized carbons (Fsp3) is 0.286. The van der Waals surface area contributed by atoms with Crippen LogP contribution in [0.3, 0.4) is 0 Å². The zero-order valence-electron chi connectivity index (χ0n) is 11.4. The van der Waals surface area contributed by atoms with Crippen LogP contribution < -0.4 is 15.4 Å². The van der Waals surface area contributed by atoms with Crippen LogP contribution in [0.2, 0.25) is 0 Å². The topological polar surface area (TPSA) is 84.2 Å². The molecular formula is C14H16N4O2. The standard InChI is InChI=1S/C14H16N4O2/c1-8-14(19)18(2)12-5-9(3-4-13(12)20-8)11-6-10(7-15)16-17-11/h3-6,8H,7,15H2,1-2H3,(H,16,17). The summed E-state index contributed by atoms with van der Waals surface area (Å²) in [5.41, 5.74) is 8.90. The number of ether oxygens (including phenoxy) is 1. The van der Waals surface area contributed by atoms with E-state index in [0.29, 0.717) is 12.3 Å². The molecule has 2 aromatic rings. The molecule has 3 rings (SSSR count). The maximum absolute atomic E-state index is 11.9. The summed E-state index contributed by atoms with van der Waals surface area (Å²) in [4.78, 5) is 13.6. The number of benzene rings is 1. The molecule has 1 aromatic heterocycles. The fourth-order valence-electron chi connectivity index (χ4n) is 2.28. The highest BCUT2D eigenvalue weighted by Gasteiger charge is 2.29. The molecule has 6 heteroatoms. The average Bonchev–Trinajstić information content (AvgIpc) is 2.93. The molecule has 0 aliphatic carbocycles. The number of aromatic amines is 1. The lowest BCUT2D eigenvalue weighted by Gasteiger charge is -2.30. The normalized spacial score (nSPS) is 17.9. The predicted molar refractivity (Wildman–Crippen MR) is 75.4 cm³/mol. The molecule has 0 saturated carbocycles. The Kier molecular flexibility index (Phi) is 2.94. The first-order valence-electron chi connectivity index (χ1n) is 6.43. The zero-order chi connectivity index (χ0) is 14.3. The van der Waals surface area contributed by atoms with Crippen LogP contribution in [-0.2, 0) is 11.3 Å². The molecule has 0 radical (unpaired) electrons. The van der Waals surface area contributed by atoms with E-state index in [4.69, 9.17) is 10.5 Å². The summed E-state index contributed by atoms with van der Waals surface area (Å²) in [5, 5.41) is 7.09. The number of nitrogens with two attached hydrogens (primary N) is 1. The van der Waals surface area contributed by atoms with Gasteiger partial charge in [-0.15, -0.1) is 0 Å². The molecule has 1 aromatic carbocycles. The maximum Gasteiger partial charge on any atom is 0.267 e. The van der Waals surface area contributed by atoms with Gasteiger partial charge in [-0.1, -0.05) is 0 Å². The lowest BCUT2D eigenvalue weighted by Crippen LogP contribution is -2.41. The van der Waals surface area contributed by atoms with Crippen molar-refractivity contribution in [3.8, 4) is 17.0 Å². The zero-order valence-corrected chi connectivity index (χ0v) is 11.4. The van der Waals surface area contributed by atoms with Gasteiger partial charge in [-0.05, 0) is 31.2 Å². The summed E-state index contributed by atoms with van der Waals surface area (Å²) in [7, 11) is 1.75. The molecule has 0 fully saturated rings. The number of anilines is 1. The second-order valence-corrected chi connectivity index (χ2v) is 4.82. The predicted octanol–water partition coefficient (Wildman–Crippen LogP) is 1.28. The van der Waals surface area contributed by atoms with Gasteiger partial charge in [0.2, 0.25) is 0 Å². The number of carbonyl (C=O) groups excluding carboxylic acids is 1. The summed E-state index contributed by atoms with van der Waals surface area (Å²) in [6, 6.07) is 7.58. The molecule has 6 nitrogen and oxygen atoms in total. The average molecular weight is 272 g/mol. The summed E-state index contributed by atoms with van der Waals surface area (Å²) < 4.78 is 5.59. The molecule has 1 amide bonds. The van der Waals surface area contributed by atoms with E-state index in [2.05, 4.69) is 10.2 Å². The van der Waals surface area contributed by atoms with Crippen molar-refractivity contribution in [2.45, 2.75) is 19.6 Å². The van der Waals surface area contributed by atoms with E-state index in [0.717, 1.165) is 22.6 Å². The molecule has 3 N–H and O–H groups in total. The van der Waals surface area contributed by atoms with Crippen LogP contribution in [0.15, 0.2) is 24.3 Å². The van der Waals surface area contributed by atoms with E-state index in [9.17, 15) is 4.79 Å². The van der Waals surface area contributed by atoms with Crippen LogP contribution >= 0.6 is 0 Å². The van der Waals surface area contributed by atoms with E-state index >= 15 is 0 Å². The number of H-pyrrole nitrogens is 1. The Morgan fingerprint density at radius 3 is 2.95 bits per heavy atom. The highest BCUT2D eigenvalue weighted by atomic mass is 16.5. The van der Waals surface area contributed by atoms with Crippen LogP contribution in [-0.4, -0.2) is 29.3 Å².